The maximum Gasteiger partial charge on any atom is 0.155 e. The Kier molecular flexibility index (Phi) is 3.27. The van der Waals surface area contributed by atoms with E-state index in [1.807, 2.05) is 12.2 Å². The van der Waals surface area contributed by atoms with Gasteiger partial charge in [-0.25, -0.2) is 0 Å². The molecule has 23 heavy (non-hydrogen) atoms. The van der Waals surface area contributed by atoms with E-state index in [-0.39, 0.29) is 10.8 Å². The molecule has 0 bridgehead atoms. The number of ketones is 1. The van der Waals surface area contributed by atoms with Crippen LogP contribution in [0.25, 0.3) is 0 Å². The van der Waals surface area contributed by atoms with Crippen LogP contribution in [-0.2, 0) is 4.79 Å². The zero-order chi connectivity index (χ0) is 16.5. The predicted octanol–water partition coefficient (Wildman–Crippen LogP) is 4.44. The molecule has 3 unspecified atom stereocenters. The minimum absolute atomic E-state index is 0.00200. The van der Waals surface area contributed by atoms with Crippen LogP contribution in [-0.4, -0.2) is 16.5 Å². The first-order valence-electron chi connectivity index (χ1n) is 9.44. The van der Waals surface area contributed by atoms with Crippen LogP contribution in [0.1, 0.15) is 65.2 Å². The first-order valence-corrected chi connectivity index (χ1v) is 9.44. The van der Waals surface area contributed by atoms with E-state index in [0.717, 1.165) is 38.5 Å². The van der Waals surface area contributed by atoms with Gasteiger partial charge in [-0.1, -0.05) is 25.5 Å². The summed E-state index contributed by atoms with van der Waals surface area (Å²) < 4.78 is 0. The minimum atomic E-state index is -0.678. The highest BCUT2D eigenvalue weighted by molar-refractivity contribution is 5.91. The molecule has 0 radical (unpaired) electrons. The van der Waals surface area contributed by atoms with E-state index in [2.05, 4.69) is 20.4 Å². The molecule has 126 valence electrons. The van der Waals surface area contributed by atoms with Crippen LogP contribution in [0.4, 0.5) is 0 Å². The third-order valence-corrected chi connectivity index (χ3v) is 8.51. The molecule has 0 aromatic carbocycles. The highest BCUT2D eigenvalue weighted by Gasteiger charge is 2.62. The fourth-order valence-electron chi connectivity index (χ4n) is 6.95. The summed E-state index contributed by atoms with van der Waals surface area (Å²) in [5.74, 6) is 2.35. The van der Waals surface area contributed by atoms with Crippen molar-refractivity contribution in [3.05, 3.63) is 24.3 Å². The monoisotopic (exact) mass is 314 g/mol. The highest BCUT2D eigenvalue weighted by atomic mass is 16.3. The first-order chi connectivity index (χ1) is 10.8. The van der Waals surface area contributed by atoms with Gasteiger partial charge in [0, 0.05) is 11.8 Å². The fourth-order valence-corrected chi connectivity index (χ4v) is 6.95. The Morgan fingerprint density at radius 1 is 1.13 bits per heavy atom. The lowest BCUT2D eigenvalue weighted by molar-refractivity contribution is -0.120. The van der Waals surface area contributed by atoms with Crippen molar-refractivity contribution in [1.82, 2.24) is 0 Å². The largest absolute Gasteiger partial charge is 0.385 e. The van der Waals surface area contributed by atoms with E-state index in [9.17, 15) is 9.90 Å². The molecule has 2 nitrogen and oxygen atoms in total. The quantitative estimate of drug-likeness (QED) is 0.727. The Labute approximate surface area is 140 Å². The predicted molar refractivity (Wildman–Crippen MR) is 91.9 cm³/mol. The maximum absolute atomic E-state index is 11.9. The van der Waals surface area contributed by atoms with E-state index in [1.165, 1.54) is 18.4 Å². The van der Waals surface area contributed by atoms with Gasteiger partial charge in [-0.05, 0) is 74.2 Å². The van der Waals surface area contributed by atoms with Gasteiger partial charge in [0.1, 0.15) is 0 Å². The van der Waals surface area contributed by atoms with Crippen molar-refractivity contribution in [2.75, 3.05) is 0 Å². The average Bonchev–Trinajstić information content (AvgIpc) is 2.80. The molecule has 0 spiro atoms. The first kappa shape index (κ1) is 15.6. The molecular weight excluding hydrogens is 284 g/mol. The molecule has 3 saturated carbocycles. The van der Waals surface area contributed by atoms with Gasteiger partial charge in [-0.2, -0.15) is 0 Å². The van der Waals surface area contributed by atoms with Crippen molar-refractivity contribution < 1.29 is 9.90 Å². The zero-order valence-corrected chi connectivity index (χ0v) is 14.6. The van der Waals surface area contributed by atoms with Crippen LogP contribution in [0.15, 0.2) is 24.3 Å². The number of rotatable bonds is 1. The molecule has 3 fully saturated rings. The average molecular weight is 314 g/mol. The summed E-state index contributed by atoms with van der Waals surface area (Å²) in [5.41, 5.74) is 0.975. The zero-order valence-electron chi connectivity index (χ0n) is 14.6. The lowest BCUT2D eigenvalue weighted by atomic mass is 9.46. The van der Waals surface area contributed by atoms with Crippen molar-refractivity contribution in [1.29, 1.82) is 0 Å². The molecule has 0 amide bonds. The van der Waals surface area contributed by atoms with Crippen molar-refractivity contribution in [2.45, 2.75) is 70.8 Å². The van der Waals surface area contributed by atoms with Crippen molar-refractivity contribution in [3.63, 3.8) is 0 Å². The summed E-state index contributed by atoms with van der Waals surface area (Å²) in [6.07, 6.45) is 12.1. The van der Waals surface area contributed by atoms with Gasteiger partial charge in [-0.3, -0.25) is 4.79 Å². The minimum Gasteiger partial charge on any atom is -0.385 e. The molecule has 1 N–H and O–H groups in total. The second-order valence-corrected chi connectivity index (χ2v) is 9.09. The third-order valence-electron chi connectivity index (χ3n) is 8.51. The molecular formula is C21H30O2. The molecule has 0 aliphatic heterocycles. The van der Waals surface area contributed by atoms with Crippen LogP contribution in [0.5, 0.6) is 0 Å². The lowest BCUT2D eigenvalue weighted by Crippen LogP contribution is -2.54. The summed E-state index contributed by atoms with van der Waals surface area (Å²) in [7, 11) is 0. The van der Waals surface area contributed by atoms with E-state index in [0.29, 0.717) is 23.5 Å². The van der Waals surface area contributed by atoms with Crippen molar-refractivity contribution in [3.8, 4) is 0 Å². The van der Waals surface area contributed by atoms with Gasteiger partial charge in [0.05, 0.1) is 5.60 Å². The second-order valence-electron chi connectivity index (χ2n) is 9.09. The van der Waals surface area contributed by atoms with Crippen LogP contribution in [0.3, 0.4) is 0 Å². The number of fused-ring (bicyclic) bond motifs is 5. The molecule has 4 aliphatic rings. The standard InChI is InChI=1S/C21H30O2/c1-4-21(23)12-9-18-16-6-5-14-13-15(22)7-10-19(14,2)17(16)8-11-20(18,21)3/h4,13,16-18,23H,1,5-12H2,2-3H3/t16-,17?,18?,19-,20-,21?/m0/s1. The SMILES string of the molecule is C=CC1(O)CCC2[C@H]3CCC4=CC(=O)CC[C@]4(C)C3CC[C@@]21C. The van der Waals surface area contributed by atoms with Gasteiger partial charge in [-0.15, -0.1) is 6.58 Å². The van der Waals surface area contributed by atoms with Gasteiger partial charge in [0.15, 0.2) is 5.78 Å². The summed E-state index contributed by atoms with van der Waals surface area (Å²) in [6, 6.07) is 0. The van der Waals surface area contributed by atoms with Gasteiger partial charge in [0.2, 0.25) is 0 Å². The Hall–Kier alpha value is -0.890. The summed E-state index contributed by atoms with van der Waals surface area (Å²) in [4.78, 5) is 11.9. The van der Waals surface area contributed by atoms with Crippen LogP contribution in [0.2, 0.25) is 0 Å². The van der Waals surface area contributed by atoms with E-state index in [4.69, 9.17) is 0 Å². The highest BCUT2D eigenvalue weighted by Crippen LogP contribution is 2.67. The molecule has 0 saturated heterocycles. The number of carbonyl (C=O) groups excluding carboxylic acids is 1. The van der Waals surface area contributed by atoms with E-state index < -0.39 is 5.60 Å². The Bertz CT molecular complexity index is 591. The molecule has 6 atom stereocenters. The lowest BCUT2D eigenvalue weighted by Gasteiger charge is -2.58. The van der Waals surface area contributed by atoms with Crippen molar-refractivity contribution >= 4 is 5.78 Å². The van der Waals surface area contributed by atoms with Gasteiger partial charge in [0.25, 0.3) is 0 Å². The summed E-state index contributed by atoms with van der Waals surface area (Å²) in [5, 5.41) is 11.1. The van der Waals surface area contributed by atoms with E-state index >= 15 is 0 Å². The van der Waals surface area contributed by atoms with Gasteiger partial charge >= 0.3 is 0 Å². The Morgan fingerprint density at radius 2 is 1.87 bits per heavy atom. The molecule has 0 aromatic rings. The van der Waals surface area contributed by atoms with E-state index in [1.54, 1.807) is 0 Å². The van der Waals surface area contributed by atoms with Crippen molar-refractivity contribution in [2.24, 2.45) is 28.6 Å². The van der Waals surface area contributed by atoms with Crippen LogP contribution < -0.4 is 0 Å². The normalized spacial score (nSPS) is 52.2. The maximum atomic E-state index is 11.9. The Morgan fingerprint density at radius 3 is 2.61 bits per heavy atom. The second kappa shape index (κ2) is 4.81. The summed E-state index contributed by atoms with van der Waals surface area (Å²) >= 11 is 0. The summed E-state index contributed by atoms with van der Waals surface area (Å²) in [6.45, 7) is 8.67. The number of carbonyl (C=O) groups is 1. The van der Waals surface area contributed by atoms with Gasteiger partial charge < -0.3 is 5.11 Å². The molecule has 0 aromatic heterocycles. The number of hydrogen-bond donors (Lipinski definition) is 1. The smallest absolute Gasteiger partial charge is 0.155 e. The fraction of sp³-hybridized carbons (Fsp3) is 0.762. The van der Waals surface area contributed by atoms with Crippen LogP contribution >= 0.6 is 0 Å². The number of aliphatic hydroxyl groups is 1. The number of allylic oxidation sites excluding steroid dienone is 1. The molecule has 0 heterocycles. The van der Waals surface area contributed by atoms with Crippen LogP contribution in [0, 0.1) is 28.6 Å². The topological polar surface area (TPSA) is 37.3 Å². The molecule has 2 heteroatoms. The molecule has 4 rings (SSSR count). The third kappa shape index (κ3) is 1.88. The molecule has 4 aliphatic carbocycles. The Balaban J connectivity index is 1.70. The number of hydrogen-bond acceptors (Lipinski definition) is 2.